The number of guanidine groups is 1. The Hall–Kier alpha value is -1.26. The van der Waals surface area contributed by atoms with Crippen molar-refractivity contribution in [1.82, 2.24) is 16.0 Å². The van der Waals surface area contributed by atoms with Crippen LogP contribution in [0.4, 0.5) is 0 Å². The summed E-state index contributed by atoms with van der Waals surface area (Å²) in [6.45, 7) is 11.2. The van der Waals surface area contributed by atoms with Crippen LogP contribution in [0, 0.1) is 5.92 Å². The van der Waals surface area contributed by atoms with Crippen LogP contribution in [0.25, 0.3) is 0 Å². The third kappa shape index (κ3) is 15.0. The lowest BCUT2D eigenvalue weighted by Crippen LogP contribution is -2.41. The number of hydrogen-bond acceptors (Lipinski definition) is 2. The van der Waals surface area contributed by atoms with Gasteiger partial charge >= 0.3 is 0 Å². The number of aliphatic imine (C=N–C) groups is 1. The fraction of sp³-hybridized carbons (Fsp3) is 0.875. The quantitative estimate of drug-likeness (QED) is 0.311. The number of nitrogens with one attached hydrogen (secondary N) is 3. The first-order chi connectivity index (χ1) is 10.1. The summed E-state index contributed by atoms with van der Waals surface area (Å²) in [5, 5.41) is 9.19. The third-order valence-corrected chi connectivity index (χ3v) is 3.10. The van der Waals surface area contributed by atoms with Crippen molar-refractivity contribution in [3.05, 3.63) is 0 Å². The molecule has 0 aliphatic carbocycles. The standard InChI is InChI=1S/C16H34N4O/c1-5-17-16(20-13-12-18-15(4)21)19-11-9-7-6-8-10-14(2)3/h14H,5-13H2,1-4H3,(H,18,21)(H2,17,19,20). The van der Waals surface area contributed by atoms with Gasteiger partial charge in [0, 0.05) is 33.1 Å². The van der Waals surface area contributed by atoms with Crippen LogP contribution in [-0.4, -0.2) is 38.0 Å². The molecule has 0 bridgehead atoms. The summed E-state index contributed by atoms with van der Waals surface area (Å²) in [4.78, 5) is 15.3. The average Bonchev–Trinajstić information content (AvgIpc) is 2.41. The van der Waals surface area contributed by atoms with Crippen LogP contribution in [-0.2, 0) is 4.79 Å². The molecule has 0 saturated heterocycles. The molecule has 0 aromatic rings. The second kappa shape index (κ2) is 13.7. The normalized spacial score (nSPS) is 11.6. The van der Waals surface area contributed by atoms with Gasteiger partial charge < -0.3 is 16.0 Å². The van der Waals surface area contributed by atoms with Crippen molar-refractivity contribution in [3.8, 4) is 0 Å². The van der Waals surface area contributed by atoms with E-state index in [1.54, 1.807) is 0 Å². The maximum absolute atomic E-state index is 10.8. The number of unbranched alkanes of at least 4 members (excludes halogenated alkanes) is 3. The summed E-state index contributed by atoms with van der Waals surface area (Å²) >= 11 is 0. The van der Waals surface area contributed by atoms with Gasteiger partial charge in [-0.25, -0.2) is 0 Å². The molecule has 5 heteroatoms. The summed E-state index contributed by atoms with van der Waals surface area (Å²) < 4.78 is 0. The largest absolute Gasteiger partial charge is 0.357 e. The van der Waals surface area contributed by atoms with Gasteiger partial charge in [-0.1, -0.05) is 39.5 Å². The van der Waals surface area contributed by atoms with E-state index in [9.17, 15) is 4.79 Å². The highest BCUT2D eigenvalue weighted by molar-refractivity contribution is 5.79. The zero-order valence-electron chi connectivity index (χ0n) is 14.3. The van der Waals surface area contributed by atoms with Crippen molar-refractivity contribution in [2.24, 2.45) is 10.9 Å². The summed E-state index contributed by atoms with van der Waals surface area (Å²) in [6.07, 6.45) is 6.36. The Labute approximate surface area is 130 Å². The van der Waals surface area contributed by atoms with Gasteiger partial charge in [-0.15, -0.1) is 0 Å². The Morgan fingerprint density at radius 1 is 1.00 bits per heavy atom. The van der Waals surface area contributed by atoms with E-state index in [4.69, 9.17) is 0 Å². The second-order valence-corrected chi connectivity index (χ2v) is 5.77. The summed E-state index contributed by atoms with van der Waals surface area (Å²) in [6, 6.07) is 0. The highest BCUT2D eigenvalue weighted by atomic mass is 16.1. The highest BCUT2D eigenvalue weighted by Gasteiger charge is 1.97. The first-order valence-corrected chi connectivity index (χ1v) is 8.32. The van der Waals surface area contributed by atoms with Crippen molar-refractivity contribution >= 4 is 11.9 Å². The lowest BCUT2D eigenvalue weighted by Gasteiger charge is -2.11. The lowest BCUT2D eigenvalue weighted by molar-refractivity contribution is -0.118. The molecule has 0 aromatic carbocycles. The topological polar surface area (TPSA) is 65.5 Å². The van der Waals surface area contributed by atoms with Gasteiger partial charge in [-0.05, 0) is 19.3 Å². The zero-order valence-corrected chi connectivity index (χ0v) is 14.3. The second-order valence-electron chi connectivity index (χ2n) is 5.77. The molecule has 124 valence electrons. The maximum atomic E-state index is 10.8. The van der Waals surface area contributed by atoms with Gasteiger partial charge in [0.15, 0.2) is 5.96 Å². The van der Waals surface area contributed by atoms with E-state index in [-0.39, 0.29) is 5.91 Å². The van der Waals surface area contributed by atoms with Crippen LogP contribution in [0.2, 0.25) is 0 Å². The van der Waals surface area contributed by atoms with Gasteiger partial charge in [-0.3, -0.25) is 9.79 Å². The van der Waals surface area contributed by atoms with Gasteiger partial charge in [0.05, 0.1) is 0 Å². The molecule has 0 saturated carbocycles. The number of carbonyl (C=O) groups excluding carboxylic acids is 1. The molecule has 0 atom stereocenters. The molecule has 5 nitrogen and oxygen atoms in total. The van der Waals surface area contributed by atoms with Crippen molar-refractivity contribution in [2.75, 3.05) is 26.2 Å². The molecule has 0 aliphatic rings. The van der Waals surface area contributed by atoms with E-state index >= 15 is 0 Å². The number of rotatable bonds is 11. The molecule has 0 spiro atoms. The molecule has 0 rings (SSSR count). The summed E-state index contributed by atoms with van der Waals surface area (Å²) in [7, 11) is 0. The number of carbonyl (C=O) groups is 1. The molecular weight excluding hydrogens is 264 g/mol. The Bertz CT molecular complexity index is 290. The molecule has 0 unspecified atom stereocenters. The Balaban J connectivity index is 3.70. The lowest BCUT2D eigenvalue weighted by atomic mass is 10.0. The van der Waals surface area contributed by atoms with Crippen LogP contribution in [0.1, 0.15) is 59.8 Å². The van der Waals surface area contributed by atoms with Gasteiger partial charge in [0.2, 0.25) is 5.91 Å². The van der Waals surface area contributed by atoms with E-state index in [0.717, 1.165) is 31.4 Å². The van der Waals surface area contributed by atoms with Crippen LogP contribution in [0.3, 0.4) is 0 Å². The minimum absolute atomic E-state index is 0.000127. The highest BCUT2D eigenvalue weighted by Crippen LogP contribution is 2.09. The van der Waals surface area contributed by atoms with Crippen molar-refractivity contribution in [2.45, 2.75) is 59.8 Å². The molecule has 1 amide bonds. The molecular formula is C16H34N4O. The fourth-order valence-corrected chi connectivity index (χ4v) is 1.97. The van der Waals surface area contributed by atoms with Gasteiger partial charge in [-0.2, -0.15) is 0 Å². The van der Waals surface area contributed by atoms with E-state index in [1.807, 2.05) is 0 Å². The Kier molecular flexibility index (Phi) is 12.9. The zero-order chi connectivity index (χ0) is 15.9. The third-order valence-electron chi connectivity index (χ3n) is 3.10. The first-order valence-electron chi connectivity index (χ1n) is 8.32. The van der Waals surface area contributed by atoms with Gasteiger partial charge in [0.1, 0.15) is 0 Å². The molecule has 3 N–H and O–H groups in total. The van der Waals surface area contributed by atoms with Gasteiger partial charge in [0.25, 0.3) is 0 Å². The summed E-state index contributed by atoms with van der Waals surface area (Å²) in [5.74, 6) is 1.65. The van der Waals surface area contributed by atoms with E-state index in [0.29, 0.717) is 13.1 Å². The Morgan fingerprint density at radius 3 is 2.29 bits per heavy atom. The monoisotopic (exact) mass is 298 g/mol. The molecule has 0 aromatic heterocycles. The minimum atomic E-state index is 0.000127. The predicted molar refractivity (Wildman–Crippen MR) is 90.6 cm³/mol. The average molecular weight is 298 g/mol. The number of hydrogen-bond donors (Lipinski definition) is 3. The fourth-order valence-electron chi connectivity index (χ4n) is 1.97. The van der Waals surface area contributed by atoms with Crippen LogP contribution in [0.5, 0.6) is 0 Å². The SMILES string of the molecule is CCNC(=NCCCCCCC(C)C)NCCNC(C)=O. The van der Waals surface area contributed by atoms with E-state index in [2.05, 4.69) is 41.7 Å². The predicted octanol–water partition coefficient (Wildman–Crippen LogP) is 2.28. The molecule has 0 heterocycles. The molecule has 0 aliphatic heterocycles. The first kappa shape index (κ1) is 19.7. The van der Waals surface area contributed by atoms with Crippen molar-refractivity contribution < 1.29 is 4.79 Å². The van der Waals surface area contributed by atoms with Crippen LogP contribution >= 0.6 is 0 Å². The van der Waals surface area contributed by atoms with Crippen molar-refractivity contribution in [1.29, 1.82) is 0 Å². The number of amides is 1. The van der Waals surface area contributed by atoms with E-state index in [1.165, 1.54) is 32.6 Å². The molecule has 0 radical (unpaired) electrons. The maximum Gasteiger partial charge on any atom is 0.216 e. The van der Waals surface area contributed by atoms with E-state index < -0.39 is 0 Å². The summed E-state index contributed by atoms with van der Waals surface area (Å²) in [5.41, 5.74) is 0. The minimum Gasteiger partial charge on any atom is -0.357 e. The van der Waals surface area contributed by atoms with Crippen molar-refractivity contribution in [3.63, 3.8) is 0 Å². The molecule has 0 fully saturated rings. The number of nitrogens with zero attached hydrogens (tertiary/aromatic N) is 1. The van der Waals surface area contributed by atoms with Crippen LogP contribution < -0.4 is 16.0 Å². The Morgan fingerprint density at radius 2 is 1.67 bits per heavy atom. The molecule has 21 heavy (non-hydrogen) atoms. The smallest absolute Gasteiger partial charge is 0.216 e. The van der Waals surface area contributed by atoms with Crippen LogP contribution in [0.15, 0.2) is 4.99 Å².